The standard InChI is InChI=1S/C26H24N4OS/c31-26(25(20-8-3-1-4-9-20)21-10-5-2-6-11-21)30-17-15-29(16-18-30)24-14-13-22(27-28-24)23-12-7-19-32-23/h1-14,19,25H,15-18H2. The van der Waals surface area contributed by atoms with E-state index in [4.69, 9.17) is 0 Å². The molecule has 0 aliphatic carbocycles. The first-order valence-electron chi connectivity index (χ1n) is 10.8. The molecule has 32 heavy (non-hydrogen) atoms. The molecule has 0 bridgehead atoms. The molecule has 1 aliphatic rings. The number of rotatable bonds is 5. The Balaban J connectivity index is 1.29. The molecule has 0 N–H and O–H groups in total. The van der Waals surface area contributed by atoms with Gasteiger partial charge < -0.3 is 9.80 Å². The Kier molecular flexibility index (Phi) is 5.94. The fourth-order valence-electron chi connectivity index (χ4n) is 4.16. The molecule has 0 spiro atoms. The van der Waals surface area contributed by atoms with E-state index in [1.165, 1.54) is 0 Å². The number of nitrogens with zero attached hydrogens (tertiary/aromatic N) is 4. The summed E-state index contributed by atoms with van der Waals surface area (Å²) >= 11 is 1.66. The summed E-state index contributed by atoms with van der Waals surface area (Å²) in [4.78, 5) is 18.9. The van der Waals surface area contributed by atoms with Crippen molar-refractivity contribution in [3.05, 3.63) is 101 Å². The van der Waals surface area contributed by atoms with Gasteiger partial charge in [0.25, 0.3) is 0 Å². The van der Waals surface area contributed by atoms with Crippen LogP contribution < -0.4 is 4.90 Å². The van der Waals surface area contributed by atoms with Crippen LogP contribution in [0.25, 0.3) is 10.6 Å². The van der Waals surface area contributed by atoms with E-state index in [2.05, 4.69) is 21.2 Å². The predicted octanol–water partition coefficient (Wildman–Crippen LogP) is 4.69. The van der Waals surface area contributed by atoms with E-state index in [9.17, 15) is 4.79 Å². The van der Waals surface area contributed by atoms with Gasteiger partial charge in [0, 0.05) is 26.2 Å². The van der Waals surface area contributed by atoms with Crippen molar-refractivity contribution < 1.29 is 4.79 Å². The van der Waals surface area contributed by atoms with Crippen molar-refractivity contribution in [3.8, 4) is 10.6 Å². The molecular formula is C26H24N4OS. The molecule has 0 atom stereocenters. The zero-order valence-corrected chi connectivity index (χ0v) is 18.5. The van der Waals surface area contributed by atoms with E-state index in [1.807, 2.05) is 89.1 Å². The SMILES string of the molecule is O=C(C(c1ccccc1)c1ccccc1)N1CCN(c2ccc(-c3cccs3)nn2)CC1. The minimum Gasteiger partial charge on any atom is -0.352 e. The Morgan fingerprint density at radius 1 is 0.750 bits per heavy atom. The van der Waals surface area contributed by atoms with Gasteiger partial charge in [-0.1, -0.05) is 66.7 Å². The molecule has 4 aromatic rings. The Morgan fingerprint density at radius 3 is 1.94 bits per heavy atom. The van der Waals surface area contributed by atoms with E-state index < -0.39 is 0 Å². The lowest BCUT2D eigenvalue weighted by molar-refractivity contribution is -0.132. The van der Waals surface area contributed by atoms with Crippen LogP contribution in [0.2, 0.25) is 0 Å². The third kappa shape index (κ3) is 4.27. The normalized spacial score (nSPS) is 14.0. The maximum absolute atomic E-state index is 13.6. The number of amides is 1. The molecule has 1 amide bonds. The maximum atomic E-state index is 13.6. The van der Waals surface area contributed by atoms with Crippen LogP contribution in [0.1, 0.15) is 17.0 Å². The molecule has 1 aliphatic heterocycles. The highest BCUT2D eigenvalue weighted by atomic mass is 32.1. The molecule has 0 unspecified atom stereocenters. The monoisotopic (exact) mass is 440 g/mol. The molecule has 3 heterocycles. The summed E-state index contributed by atoms with van der Waals surface area (Å²) in [6, 6.07) is 28.2. The number of carbonyl (C=O) groups excluding carboxylic acids is 1. The van der Waals surface area contributed by atoms with Gasteiger partial charge in [0.05, 0.1) is 10.8 Å². The Morgan fingerprint density at radius 2 is 1.41 bits per heavy atom. The zero-order valence-electron chi connectivity index (χ0n) is 17.7. The molecule has 1 fully saturated rings. The molecule has 2 aromatic carbocycles. The molecule has 0 saturated carbocycles. The molecule has 5 nitrogen and oxygen atoms in total. The second-order valence-corrected chi connectivity index (χ2v) is 8.77. The van der Waals surface area contributed by atoms with Gasteiger partial charge in [0.1, 0.15) is 5.69 Å². The van der Waals surface area contributed by atoms with Gasteiger partial charge in [-0.05, 0) is 34.7 Å². The third-order valence-electron chi connectivity index (χ3n) is 5.85. The smallest absolute Gasteiger partial charge is 0.234 e. The summed E-state index contributed by atoms with van der Waals surface area (Å²) in [5, 5.41) is 10.9. The van der Waals surface area contributed by atoms with Crippen molar-refractivity contribution in [1.82, 2.24) is 15.1 Å². The van der Waals surface area contributed by atoms with Crippen LogP contribution in [0, 0.1) is 0 Å². The predicted molar refractivity (Wildman–Crippen MR) is 129 cm³/mol. The number of carbonyl (C=O) groups is 1. The van der Waals surface area contributed by atoms with Crippen LogP contribution in [0.3, 0.4) is 0 Å². The first-order valence-corrected chi connectivity index (χ1v) is 11.7. The minimum absolute atomic E-state index is 0.154. The highest BCUT2D eigenvalue weighted by Gasteiger charge is 2.30. The second kappa shape index (κ2) is 9.32. The highest BCUT2D eigenvalue weighted by Crippen LogP contribution is 2.28. The zero-order chi connectivity index (χ0) is 21.8. The fourth-order valence-corrected chi connectivity index (χ4v) is 4.85. The topological polar surface area (TPSA) is 49.3 Å². The van der Waals surface area contributed by atoms with Crippen molar-refractivity contribution in [2.45, 2.75) is 5.92 Å². The Labute approximate surface area is 192 Å². The number of aromatic nitrogens is 2. The number of anilines is 1. The van der Waals surface area contributed by atoms with Crippen molar-refractivity contribution in [1.29, 1.82) is 0 Å². The van der Waals surface area contributed by atoms with Crippen LogP contribution >= 0.6 is 11.3 Å². The van der Waals surface area contributed by atoms with E-state index in [0.29, 0.717) is 13.1 Å². The van der Waals surface area contributed by atoms with Gasteiger partial charge in [0.2, 0.25) is 5.91 Å². The first-order chi connectivity index (χ1) is 15.8. The van der Waals surface area contributed by atoms with E-state index in [1.54, 1.807) is 11.3 Å². The van der Waals surface area contributed by atoms with Crippen LogP contribution in [-0.2, 0) is 4.79 Å². The number of piperazine rings is 1. The average Bonchev–Trinajstić information content (AvgIpc) is 3.41. The third-order valence-corrected chi connectivity index (χ3v) is 6.74. The maximum Gasteiger partial charge on any atom is 0.234 e. The van der Waals surface area contributed by atoms with Crippen molar-refractivity contribution >= 4 is 23.1 Å². The highest BCUT2D eigenvalue weighted by molar-refractivity contribution is 7.13. The van der Waals surface area contributed by atoms with Gasteiger partial charge in [-0.15, -0.1) is 21.5 Å². The number of hydrogen-bond donors (Lipinski definition) is 0. The Bertz CT molecular complexity index is 1100. The fraction of sp³-hybridized carbons (Fsp3) is 0.192. The minimum atomic E-state index is -0.283. The van der Waals surface area contributed by atoms with Crippen LogP contribution in [0.15, 0.2) is 90.3 Å². The molecule has 0 radical (unpaired) electrons. The molecule has 1 saturated heterocycles. The Hall–Kier alpha value is -3.51. The van der Waals surface area contributed by atoms with Crippen molar-refractivity contribution in [3.63, 3.8) is 0 Å². The lowest BCUT2D eigenvalue weighted by Crippen LogP contribution is -2.50. The lowest BCUT2D eigenvalue weighted by Gasteiger charge is -2.37. The van der Waals surface area contributed by atoms with Crippen molar-refractivity contribution in [2.75, 3.05) is 31.1 Å². The van der Waals surface area contributed by atoms with E-state index in [-0.39, 0.29) is 11.8 Å². The van der Waals surface area contributed by atoms with E-state index in [0.717, 1.165) is 40.6 Å². The summed E-state index contributed by atoms with van der Waals surface area (Å²) in [5.41, 5.74) is 2.95. The second-order valence-electron chi connectivity index (χ2n) is 7.82. The summed E-state index contributed by atoms with van der Waals surface area (Å²) in [7, 11) is 0. The van der Waals surface area contributed by atoms with Crippen LogP contribution in [-0.4, -0.2) is 47.2 Å². The van der Waals surface area contributed by atoms with Crippen molar-refractivity contribution in [2.24, 2.45) is 0 Å². The van der Waals surface area contributed by atoms with Crippen LogP contribution in [0.4, 0.5) is 5.82 Å². The van der Waals surface area contributed by atoms with Gasteiger partial charge in [-0.3, -0.25) is 4.79 Å². The number of benzene rings is 2. The first kappa shape index (κ1) is 20.4. The molecular weight excluding hydrogens is 416 g/mol. The van der Waals surface area contributed by atoms with Gasteiger partial charge in [-0.25, -0.2) is 0 Å². The quantitative estimate of drug-likeness (QED) is 0.452. The summed E-state index contributed by atoms with van der Waals surface area (Å²) in [6.45, 7) is 2.83. The largest absolute Gasteiger partial charge is 0.352 e. The molecule has 160 valence electrons. The molecule has 5 rings (SSSR count). The number of thiophene rings is 1. The van der Waals surface area contributed by atoms with Gasteiger partial charge in [0.15, 0.2) is 5.82 Å². The lowest BCUT2D eigenvalue weighted by atomic mass is 9.90. The molecule has 2 aromatic heterocycles. The average molecular weight is 441 g/mol. The van der Waals surface area contributed by atoms with Gasteiger partial charge >= 0.3 is 0 Å². The van der Waals surface area contributed by atoms with E-state index >= 15 is 0 Å². The summed E-state index contributed by atoms with van der Waals surface area (Å²) in [5.74, 6) is 0.732. The molecule has 6 heteroatoms. The van der Waals surface area contributed by atoms with Gasteiger partial charge in [-0.2, -0.15) is 0 Å². The summed E-state index contributed by atoms with van der Waals surface area (Å²) in [6.07, 6.45) is 0. The number of hydrogen-bond acceptors (Lipinski definition) is 5. The summed E-state index contributed by atoms with van der Waals surface area (Å²) < 4.78 is 0. The van der Waals surface area contributed by atoms with Crippen LogP contribution in [0.5, 0.6) is 0 Å².